The van der Waals surface area contributed by atoms with Crippen molar-refractivity contribution in [1.29, 1.82) is 0 Å². The van der Waals surface area contributed by atoms with Crippen LogP contribution in [0.2, 0.25) is 0 Å². The summed E-state index contributed by atoms with van der Waals surface area (Å²) in [7, 11) is 0. The van der Waals surface area contributed by atoms with Gasteiger partial charge in [-0.1, -0.05) is 5.06 Å². The maximum Gasteiger partial charge on any atom is 0.440 e. The number of nitrogens with two attached hydrogens (primary N) is 1. The number of primary amides is 1. The Morgan fingerprint density at radius 1 is 1.38 bits per heavy atom. The fraction of sp³-hybridized carbons (Fsp3) is 0. The number of rotatable bonds is 1. The topological polar surface area (TPSA) is 131 Å². The minimum absolute atomic E-state index is 0.137. The Kier molecular flexibility index (Phi) is 2.00. The predicted molar refractivity (Wildman–Crippen MR) is 35.0 cm³/mol. The van der Waals surface area contributed by atoms with Crippen molar-refractivity contribution in [2.75, 3.05) is 0 Å². The second-order valence-corrected chi connectivity index (χ2v) is 1.90. The number of hydroxylamine groups is 2. The van der Waals surface area contributed by atoms with Gasteiger partial charge in [-0.15, -0.1) is 0 Å². The minimum Gasteiger partial charge on any atom is -0.351 e. The molecule has 4 N–H and O–H groups in total. The standard InChI is InChI=1S/C4H4N4O5/c5-1(9)6-4(12)13-8-2(10)7-3(8)11/h(H,7,10,11)(H3,5,6,9,12). The smallest absolute Gasteiger partial charge is 0.351 e. The van der Waals surface area contributed by atoms with Gasteiger partial charge in [0, 0.05) is 0 Å². The molecule has 0 bridgehead atoms. The molecule has 0 aromatic rings. The van der Waals surface area contributed by atoms with E-state index in [0.29, 0.717) is 0 Å². The van der Waals surface area contributed by atoms with E-state index in [4.69, 9.17) is 0 Å². The molecule has 9 heteroatoms. The molecular formula is C4H4N4O5. The zero-order valence-electron chi connectivity index (χ0n) is 6.07. The Labute approximate surface area is 70.7 Å². The highest BCUT2D eigenvalue weighted by atomic mass is 16.7. The summed E-state index contributed by atoms with van der Waals surface area (Å²) in [5.41, 5.74) is 4.54. The van der Waals surface area contributed by atoms with E-state index in [1.54, 1.807) is 5.32 Å². The molecule has 0 aromatic heterocycles. The van der Waals surface area contributed by atoms with E-state index in [1.165, 1.54) is 5.32 Å². The Hall–Kier alpha value is -2.32. The number of nitrogens with zero attached hydrogens (tertiary/aromatic N) is 1. The van der Waals surface area contributed by atoms with Gasteiger partial charge in [-0.05, 0) is 0 Å². The number of amides is 7. The van der Waals surface area contributed by atoms with Crippen LogP contribution in [-0.2, 0) is 4.84 Å². The quantitative estimate of drug-likeness (QED) is 0.478. The maximum absolute atomic E-state index is 10.5. The van der Waals surface area contributed by atoms with Crippen LogP contribution in [0.5, 0.6) is 0 Å². The lowest BCUT2D eigenvalue weighted by atomic mass is 10.7. The fourth-order valence-electron chi connectivity index (χ4n) is 0.522. The van der Waals surface area contributed by atoms with E-state index in [9.17, 15) is 19.2 Å². The van der Waals surface area contributed by atoms with Crippen molar-refractivity contribution in [2.24, 2.45) is 5.73 Å². The van der Waals surface area contributed by atoms with E-state index < -0.39 is 24.2 Å². The molecule has 0 saturated carbocycles. The van der Waals surface area contributed by atoms with Crippen LogP contribution >= 0.6 is 0 Å². The molecule has 0 spiro atoms. The zero-order chi connectivity index (χ0) is 10.0. The van der Waals surface area contributed by atoms with Crippen LogP contribution in [0.25, 0.3) is 0 Å². The van der Waals surface area contributed by atoms with Crippen LogP contribution < -0.4 is 16.4 Å². The normalized spacial score (nSPS) is 14.3. The monoisotopic (exact) mass is 188 g/mol. The summed E-state index contributed by atoms with van der Waals surface area (Å²) in [6, 6.07) is -2.95. The first-order valence-corrected chi connectivity index (χ1v) is 2.94. The third-order valence-corrected chi connectivity index (χ3v) is 0.982. The van der Waals surface area contributed by atoms with Crippen LogP contribution in [0, 0.1) is 0 Å². The summed E-state index contributed by atoms with van der Waals surface area (Å²) in [5.74, 6) is 0. The number of imide groups is 3. The second-order valence-electron chi connectivity index (χ2n) is 1.90. The van der Waals surface area contributed by atoms with Crippen molar-refractivity contribution in [2.45, 2.75) is 0 Å². The van der Waals surface area contributed by atoms with Crippen LogP contribution in [0.15, 0.2) is 0 Å². The summed E-state index contributed by atoms with van der Waals surface area (Å²) in [6.07, 6.45) is -1.31. The number of hydrogen-bond acceptors (Lipinski definition) is 5. The molecule has 1 fully saturated rings. The fourth-order valence-corrected chi connectivity index (χ4v) is 0.522. The van der Waals surface area contributed by atoms with Crippen molar-refractivity contribution in [3.8, 4) is 0 Å². The second kappa shape index (κ2) is 2.97. The number of nitrogens with one attached hydrogen (secondary N) is 2. The van der Waals surface area contributed by atoms with E-state index in [2.05, 4.69) is 10.6 Å². The molecule has 0 atom stereocenters. The van der Waals surface area contributed by atoms with Crippen molar-refractivity contribution in [3.63, 3.8) is 0 Å². The highest BCUT2D eigenvalue weighted by Gasteiger charge is 2.38. The van der Waals surface area contributed by atoms with E-state index >= 15 is 0 Å². The number of urea groups is 3. The predicted octanol–water partition coefficient (Wildman–Crippen LogP) is -1.15. The third-order valence-electron chi connectivity index (χ3n) is 0.982. The van der Waals surface area contributed by atoms with Gasteiger partial charge in [0.15, 0.2) is 0 Å². The van der Waals surface area contributed by atoms with Crippen molar-refractivity contribution >= 4 is 24.2 Å². The first kappa shape index (κ1) is 8.77. The highest BCUT2D eigenvalue weighted by molar-refractivity contribution is 6.11. The summed E-state index contributed by atoms with van der Waals surface area (Å²) < 4.78 is 0. The lowest BCUT2D eigenvalue weighted by Crippen LogP contribution is -2.62. The van der Waals surface area contributed by atoms with Gasteiger partial charge < -0.3 is 10.6 Å². The maximum atomic E-state index is 10.5. The molecule has 13 heavy (non-hydrogen) atoms. The minimum atomic E-state index is -1.31. The Morgan fingerprint density at radius 2 is 1.92 bits per heavy atom. The summed E-state index contributed by atoms with van der Waals surface area (Å²) >= 11 is 0. The van der Waals surface area contributed by atoms with Gasteiger partial charge in [0.25, 0.3) is 0 Å². The largest absolute Gasteiger partial charge is 0.440 e. The van der Waals surface area contributed by atoms with E-state index in [-0.39, 0.29) is 5.06 Å². The molecule has 9 nitrogen and oxygen atoms in total. The van der Waals surface area contributed by atoms with Crippen molar-refractivity contribution in [1.82, 2.24) is 15.7 Å². The molecule has 0 unspecified atom stereocenters. The van der Waals surface area contributed by atoms with Crippen LogP contribution in [0.1, 0.15) is 0 Å². The van der Waals surface area contributed by atoms with Gasteiger partial charge >= 0.3 is 24.2 Å². The van der Waals surface area contributed by atoms with Gasteiger partial charge in [0.1, 0.15) is 0 Å². The SMILES string of the molecule is NC(=O)NC(=O)ON1C(=O)NC1=O. The number of carbonyl (C=O) groups excluding carboxylic acids is 4. The Balaban J connectivity index is 2.40. The lowest BCUT2D eigenvalue weighted by molar-refractivity contribution is -0.0397. The molecule has 0 aliphatic carbocycles. The molecule has 7 amide bonds. The van der Waals surface area contributed by atoms with Crippen molar-refractivity contribution < 1.29 is 24.0 Å². The highest BCUT2D eigenvalue weighted by Crippen LogP contribution is 2.02. The van der Waals surface area contributed by atoms with Gasteiger partial charge in [-0.25, -0.2) is 24.5 Å². The summed E-state index contributed by atoms with van der Waals surface area (Å²) in [4.78, 5) is 45.5. The molecule has 1 rings (SSSR count). The summed E-state index contributed by atoms with van der Waals surface area (Å²) in [5, 5.41) is 3.37. The Morgan fingerprint density at radius 3 is 2.31 bits per heavy atom. The van der Waals surface area contributed by atoms with Gasteiger partial charge in [0.2, 0.25) is 0 Å². The average Bonchev–Trinajstić information content (AvgIpc) is 2.00. The van der Waals surface area contributed by atoms with E-state index in [1.807, 2.05) is 0 Å². The number of carbonyl (C=O) groups is 4. The van der Waals surface area contributed by atoms with Gasteiger partial charge in [0.05, 0.1) is 0 Å². The average molecular weight is 188 g/mol. The van der Waals surface area contributed by atoms with Gasteiger partial charge in [-0.3, -0.25) is 5.32 Å². The molecule has 0 radical (unpaired) electrons. The molecule has 1 heterocycles. The van der Waals surface area contributed by atoms with Crippen LogP contribution in [0.3, 0.4) is 0 Å². The summed E-state index contributed by atoms with van der Waals surface area (Å²) in [6.45, 7) is 0. The van der Waals surface area contributed by atoms with Gasteiger partial charge in [-0.2, -0.15) is 0 Å². The molecule has 1 aliphatic rings. The first-order chi connectivity index (χ1) is 6.00. The lowest BCUT2D eigenvalue weighted by Gasteiger charge is -2.25. The molecule has 1 saturated heterocycles. The van der Waals surface area contributed by atoms with Crippen molar-refractivity contribution in [3.05, 3.63) is 0 Å². The van der Waals surface area contributed by atoms with Crippen LogP contribution in [0.4, 0.5) is 19.2 Å². The van der Waals surface area contributed by atoms with E-state index in [0.717, 1.165) is 0 Å². The first-order valence-electron chi connectivity index (χ1n) is 2.94. The number of hydrogen-bond donors (Lipinski definition) is 3. The molecule has 0 aromatic carbocycles. The van der Waals surface area contributed by atoms with Crippen LogP contribution in [-0.4, -0.2) is 29.2 Å². The third kappa shape index (κ3) is 1.83. The molecule has 1 aliphatic heterocycles. The Bertz CT molecular complexity index is 285. The zero-order valence-corrected chi connectivity index (χ0v) is 6.07. The molecule has 70 valence electrons. The molecular weight excluding hydrogens is 184 g/mol.